The summed E-state index contributed by atoms with van der Waals surface area (Å²) in [6, 6.07) is 7.11. The highest BCUT2D eigenvalue weighted by molar-refractivity contribution is 5.92. The minimum Gasteiger partial charge on any atom is -0.497 e. The van der Waals surface area contributed by atoms with Crippen LogP contribution < -0.4 is 10.1 Å². The normalized spacial score (nSPS) is 20.0. The monoisotopic (exact) mass is 369 g/mol. The smallest absolute Gasteiger partial charge is 0.338 e. The molecular weight excluding hydrogens is 346 g/mol. The number of tetrazole rings is 1. The van der Waals surface area contributed by atoms with Crippen LogP contribution in [0.5, 0.6) is 5.75 Å². The van der Waals surface area contributed by atoms with Crippen molar-refractivity contribution in [1.29, 1.82) is 0 Å². The Kier molecular flexibility index (Phi) is 4.79. The minimum absolute atomic E-state index is 0.0154. The second kappa shape index (κ2) is 7.38. The number of carbonyl (C=O) groups is 1. The van der Waals surface area contributed by atoms with E-state index in [1.807, 2.05) is 31.2 Å². The molecule has 1 aliphatic carbocycles. The van der Waals surface area contributed by atoms with Gasteiger partial charge in [-0.05, 0) is 60.7 Å². The molecule has 2 aliphatic rings. The lowest BCUT2D eigenvalue weighted by molar-refractivity contribution is -0.146. The number of rotatable bonds is 4. The number of methoxy groups -OCH3 is 1. The van der Waals surface area contributed by atoms with Crippen LogP contribution in [0.15, 0.2) is 35.5 Å². The lowest BCUT2D eigenvalue weighted by Gasteiger charge is -2.29. The van der Waals surface area contributed by atoms with E-state index in [0.29, 0.717) is 17.2 Å². The highest BCUT2D eigenvalue weighted by Gasteiger charge is 2.36. The van der Waals surface area contributed by atoms with Crippen molar-refractivity contribution in [3.8, 4) is 5.75 Å². The van der Waals surface area contributed by atoms with E-state index < -0.39 is 6.04 Å². The van der Waals surface area contributed by atoms with Gasteiger partial charge in [0.15, 0.2) is 0 Å². The molecule has 142 valence electrons. The zero-order chi connectivity index (χ0) is 18.8. The summed E-state index contributed by atoms with van der Waals surface area (Å²) in [7, 11) is 1.62. The minimum atomic E-state index is -0.446. The molecule has 0 radical (unpaired) electrons. The second-order valence-corrected chi connectivity index (χ2v) is 6.95. The number of hydrogen-bond donors (Lipinski definition) is 1. The summed E-state index contributed by atoms with van der Waals surface area (Å²) in [5, 5.41) is 15.0. The van der Waals surface area contributed by atoms with E-state index in [9.17, 15) is 4.79 Å². The third kappa shape index (κ3) is 3.39. The number of aromatic nitrogens is 4. The fourth-order valence-electron chi connectivity index (χ4n) is 3.77. The van der Waals surface area contributed by atoms with Crippen molar-refractivity contribution in [3.63, 3.8) is 0 Å². The number of anilines is 1. The van der Waals surface area contributed by atoms with Gasteiger partial charge in [-0.15, -0.1) is 0 Å². The molecule has 4 rings (SSSR count). The number of hydrogen-bond acceptors (Lipinski definition) is 7. The highest BCUT2D eigenvalue weighted by atomic mass is 16.5. The molecule has 1 aromatic heterocycles. The van der Waals surface area contributed by atoms with Crippen molar-refractivity contribution in [3.05, 3.63) is 41.1 Å². The second-order valence-electron chi connectivity index (χ2n) is 6.95. The SMILES string of the molecule is COc1ccc([C@H]2C(C(=O)OC3CCCCC3)=C(C)Nc3nnnn32)cc1. The van der Waals surface area contributed by atoms with E-state index in [4.69, 9.17) is 9.47 Å². The average molecular weight is 369 g/mol. The van der Waals surface area contributed by atoms with E-state index in [2.05, 4.69) is 20.8 Å². The first-order chi connectivity index (χ1) is 13.2. The number of allylic oxidation sites excluding steroid dienone is 1. The predicted octanol–water partition coefficient (Wildman–Crippen LogP) is 2.85. The van der Waals surface area contributed by atoms with E-state index in [-0.39, 0.29) is 12.1 Å². The zero-order valence-electron chi connectivity index (χ0n) is 15.5. The van der Waals surface area contributed by atoms with Gasteiger partial charge in [0.2, 0.25) is 5.95 Å². The molecule has 1 atom stereocenters. The van der Waals surface area contributed by atoms with Crippen molar-refractivity contribution in [2.24, 2.45) is 0 Å². The molecule has 8 nitrogen and oxygen atoms in total. The number of carbonyl (C=O) groups excluding carboxylic acids is 1. The Bertz CT molecular complexity index is 852. The molecule has 1 fully saturated rings. The summed E-state index contributed by atoms with van der Waals surface area (Å²) in [5.41, 5.74) is 2.13. The average Bonchev–Trinajstić information content (AvgIpc) is 3.15. The van der Waals surface area contributed by atoms with Crippen LogP contribution in [0.4, 0.5) is 5.95 Å². The Morgan fingerprint density at radius 1 is 1.19 bits per heavy atom. The van der Waals surface area contributed by atoms with Crippen LogP contribution in [0.25, 0.3) is 0 Å². The first kappa shape index (κ1) is 17.5. The Hall–Kier alpha value is -2.90. The molecule has 1 saturated carbocycles. The third-order valence-corrected chi connectivity index (χ3v) is 5.19. The quantitative estimate of drug-likeness (QED) is 0.829. The summed E-state index contributed by atoms with van der Waals surface area (Å²) in [6.07, 6.45) is 5.25. The number of ether oxygens (including phenoxy) is 2. The molecule has 0 spiro atoms. The molecular formula is C19H23N5O3. The van der Waals surface area contributed by atoms with Crippen LogP contribution in [-0.2, 0) is 9.53 Å². The van der Waals surface area contributed by atoms with Gasteiger partial charge in [0.25, 0.3) is 0 Å². The van der Waals surface area contributed by atoms with Gasteiger partial charge in [-0.25, -0.2) is 4.79 Å². The first-order valence-corrected chi connectivity index (χ1v) is 9.28. The van der Waals surface area contributed by atoms with E-state index in [1.165, 1.54) is 6.42 Å². The van der Waals surface area contributed by atoms with Crippen molar-refractivity contribution in [2.45, 2.75) is 51.2 Å². The maximum absolute atomic E-state index is 13.1. The van der Waals surface area contributed by atoms with Gasteiger partial charge >= 0.3 is 5.97 Å². The Labute approximate surface area is 157 Å². The largest absolute Gasteiger partial charge is 0.497 e. The summed E-state index contributed by atoms with van der Waals surface area (Å²) in [4.78, 5) is 13.1. The predicted molar refractivity (Wildman–Crippen MR) is 98.2 cm³/mol. The van der Waals surface area contributed by atoms with Gasteiger partial charge < -0.3 is 14.8 Å². The fourth-order valence-corrected chi connectivity index (χ4v) is 3.77. The fraction of sp³-hybridized carbons (Fsp3) is 0.474. The number of benzene rings is 1. The Morgan fingerprint density at radius 2 is 1.93 bits per heavy atom. The Morgan fingerprint density at radius 3 is 2.63 bits per heavy atom. The molecule has 0 saturated heterocycles. The van der Waals surface area contributed by atoms with Crippen molar-refractivity contribution >= 4 is 11.9 Å². The van der Waals surface area contributed by atoms with Crippen LogP contribution in [0.1, 0.15) is 50.6 Å². The van der Waals surface area contributed by atoms with Gasteiger partial charge in [-0.3, -0.25) is 0 Å². The summed E-state index contributed by atoms with van der Waals surface area (Å²) in [6.45, 7) is 1.85. The summed E-state index contributed by atoms with van der Waals surface area (Å²) in [5.74, 6) is 0.938. The highest BCUT2D eigenvalue weighted by Crippen LogP contribution is 2.36. The molecule has 2 heterocycles. The number of nitrogens with one attached hydrogen (secondary N) is 1. The maximum Gasteiger partial charge on any atom is 0.338 e. The lowest BCUT2D eigenvalue weighted by Crippen LogP contribution is -2.32. The molecule has 0 unspecified atom stereocenters. The van der Waals surface area contributed by atoms with Crippen LogP contribution in [-0.4, -0.2) is 39.4 Å². The van der Waals surface area contributed by atoms with Gasteiger partial charge in [0.05, 0.1) is 12.7 Å². The number of esters is 1. The van der Waals surface area contributed by atoms with Gasteiger partial charge in [-0.1, -0.05) is 23.7 Å². The van der Waals surface area contributed by atoms with E-state index >= 15 is 0 Å². The first-order valence-electron chi connectivity index (χ1n) is 9.28. The van der Waals surface area contributed by atoms with Crippen LogP contribution >= 0.6 is 0 Å². The van der Waals surface area contributed by atoms with Gasteiger partial charge in [0, 0.05) is 5.70 Å². The van der Waals surface area contributed by atoms with Crippen molar-refractivity contribution in [1.82, 2.24) is 20.2 Å². The zero-order valence-corrected chi connectivity index (χ0v) is 15.5. The number of nitrogens with zero attached hydrogens (tertiary/aromatic N) is 4. The summed E-state index contributed by atoms with van der Waals surface area (Å²) < 4.78 is 12.7. The molecule has 1 aromatic carbocycles. The van der Waals surface area contributed by atoms with E-state index in [0.717, 1.165) is 37.0 Å². The molecule has 1 aliphatic heterocycles. The molecule has 27 heavy (non-hydrogen) atoms. The van der Waals surface area contributed by atoms with E-state index in [1.54, 1.807) is 11.8 Å². The molecule has 0 amide bonds. The number of fused-ring (bicyclic) bond motifs is 1. The third-order valence-electron chi connectivity index (χ3n) is 5.19. The van der Waals surface area contributed by atoms with Crippen molar-refractivity contribution < 1.29 is 14.3 Å². The van der Waals surface area contributed by atoms with Crippen LogP contribution in [0, 0.1) is 0 Å². The van der Waals surface area contributed by atoms with Gasteiger partial charge in [0.1, 0.15) is 17.9 Å². The van der Waals surface area contributed by atoms with Crippen LogP contribution in [0.3, 0.4) is 0 Å². The lowest BCUT2D eigenvalue weighted by atomic mass is 9.95. The maximum atomic E-state index is 13.1. The molecule has 8 heteroatoms. The van der Waals surface area contributed by atoms with Crippen LogP contribution in [0.2, 0.25) is 0 Å². The topological polar surface area (TPSA) is 91.2 Å². The summed E-state index contributed by atoms with van der Waals surface area (Å²) >= 11 is 0. The van der Waals surface area contributed by atoms with Crippen molar-refractivity contribution in [2.75, 3.05) is 12.4 Å². The standard InChI is InChI=1S/C19H23N5O3/c1-12-16(18(25)27-15-6-4-3-5-7-15)17(24-19(20-12)21-22-23-24)13-8-10-14(26-2)11-9-13/h8-11,15,17H,3-7H2,1-2H3,(H,20,21,23)/t17-/m0/s1. The molecule has 1 N–H and O–H groups in total. The molecule has 2 aromatic rings. The van der Waals surface area contributed by atoms with Gasteiger partial charge in [-0.2, -0.15) is 4.68 Å². The Balaban J connectivity index is 1.68. The molecule has 0 bridgehead atoms.